The fraction of sp³-hybridized carbons (Fsp3) is 0.773. The molecule has 1 heterocycles. The van der Waals surface area contributed by atoms with Crippen molar-refractivity contribution >= 4 is 5.97 Å². The molecule has 1 aromatic heterocycles. The third-order valence-electron chi connectivity index (χ3n) is 8.05. The van der Waals surface area contributed by atoms with Crippen molar-refractivity contribution in [3.8, 4) is 0 Å². The number of carbonyl (C=O) groups excluding carboxylic acids is 1. The standard InChI is InChI=1S/C22H32O5/c1-12(23)27-18-17(24)16-14(11-15-13(7-10-26-15)22(16,5)25)21(4)9-6-8-20(2,3)19(18)21/h7,10,14,16-19,24-25H,6,8-9,11H2,1-5H3/t14-,16-,17+,18-,19-,21+,22+/m0/s1. The maximum atomic E-state index is 11.9. The molecule has 0 aromatic carbocycles. The molecule has 2 N–H and O–H groups in total. The van der Waals surface area contributed by atoms with Crippen LogP contribution in [0.4, 0.5) is 0 Å². The van der Waals surface area contributed by atoms with Crippen molar-refractivity contribution in [3.63, 3.8) is 0 Å². The summed E-state index contributed by atoms with van der Waals surface area (Å²) in [7, 11) is 0. The topological polar surface area (TPSA) is 79.9 Å². The highest BCUT2D eigenvalue weighted by molar-refractivity contribution is 5.66. The van der Waals surface area contributed by atoms with E-state index in [2.05, 4.69) is 20.8 Å². The zero-order valence-corrected chi connectivity index (χ0v) is 17.0. The van der Waals surface area contributed by atoms with Crippen molar-refractivity contribution in [3.05, 3.63) is 23.7 Å². The molecule has 3 aliphatic rings. The molecule has 7 atom stereocenters. The Balaban J connectivity index is 1.89. The summed E-state index contributed by atoms with van der Waals surface area (Å²) in [5.41, 5.74) is -0.686. The fourth-order valence-corrected chi connectivity index (χ4v) is 7.16. The molecule has 0 spiro atoms. The van der Waals surface area contributed by atoms with Crippen LogP contribution >= 0.6 is 0 Å². The van der Waals surface area contributed by atoms with E-state index in [9.17, 15) is 15.0 Å². The minimum Gasteiger partial charge on any atom is -0.469 e. The molecule has 0 amide bonds. The molecule has 2 fully saturated rings. The Labute approximate surface area is 161 Å². The number of ether oxygens (including phenoxy) is 1. The van der Waals surface area contributed by atoms with Crippen molar-refractivity contribution in [2.45, 2.75) is 78.1 Å². The first kappa shape index (κ1) is 19.0. The van der Waals surface area contributed by atoms with Gasteiger partial charge >= 0.3 is 5.97 Å². The summed E-state index contributed by atoms with van der Waals surface area (Å²) in [6.45, 7) is 9.88. The van der Waals surface area contributed by atoms with E-state index in [1.165, 1.54) is 6.92 Å². The quantitative estimate of drug-likeness (QED) is 0.734. The predicted molar refractivity (Wildman–Crippen MR) is 99.8 cm³/mol. The molecule has 0 aliphatic heterocycles. The summed E-state index contributed by atoms with van der Waals surface area (Å²) >= 11 is 0. The molecule has 1 aromatic rings. The summed E-state index contributed by atoms with van der Waals surface area (Å²) in [5.74, 6) is 0.147. The van der Waals surface area contributed by atoms with Gasteiger partial charge in [-0.2, -0.15) is 0 Å². The molecule has 4 rings (SSSR count). The monoisotopic (exact) mass is 376 g/mol. The van der Waals surface area contributed by atoms with Gasteiger partial charge in [0.15, 0.2) is 0 Å². The molecule has 150 valence electrons. The second kappa shape index (κ2) is 5.84. The molecule has 0 saturated heterocycles. The van der Waals surface area contributed by atoms with E-state index in [0.717, 1.165) is 30.6 Å². The Hall–Kier alpha value is -1.33. The lowest BCUT2D eigenvalue weighted by Crippen LogP contribution is -2.68. The van der Waals surface area contributed by atoms with Gasteiger partial charge in [-0.05, 0) is 42.6 Å². The normalized spacial score (nSPS) is 45.4. The van der Waals surface area contributed by atoms with Gasteiger partial charge < -0.3 is 19.4 Å². The van der Waals surface area contributed by atoms with Crippen LogP contribution in [0.25, 0.3) is 0 Å². The number of furan rings is 1. The van der Waals surface area contributed by atoms with Crippen LogP contribution in [-0.2, 0) is 21.6 Å². The minimum atomic E-state index is -1.22. The molecule has 0 unspecified atom stereocenters. The zero-order chi connectivity index (χ0) is 19.8. The number of esters is 1. The Kier molecular flexibility index (Phi) is 4.11. The highest BCUT2D eigenvalue weighted by Crippen LogP contribution is 2.66. The predicted octanol–water partition coefficient (Wildman–Crippen LogP) is 3.41. The SMILES string of the molecule is CC(=O)O[C@H]1[C@H](O)[C@@H]2[C@H](Cc3occc3[C@@]2(C)O)[C@@]2(C)CCCC(C)(C)[C@H]12. The van der Waals surface area contributed by atoms with Gasteiger partial charge in [0.25, 0.3) is 0 Å². The first-order valence-electron chi connectivity index (χ1n) is 10.1. The molecule has 5 nitrogen and oxygen atoms in total. The largest absolute Gasteiger partial charge is 0.469 e. The van der Waals surface area contributed by atoms with Gasteiger partial charge in [-0.1, -0.05) is 27.2 Å². The van der Waals surface area contributed by atoms with Crippen LogP contribution in [0.15, 0.2) is 16.7 Å². The first-order valence-corrected chi connectivity index (χ1v) is 10.1. The van der Waals surface area contributed by atoms with Gasteiger partial charge in [0.1, 0.15) is 11.9 Å². The summed E-state index contributed by atoms with van der Waals surface area (Å²) in [6.07, 6.45) is 3.94. The maximum Gasteiger partial charge on any atom is 0.303 e. The van der Waals surface area contributed by atoms with Crippen molar-refractivity contribution in [2.24, 2.45) is 28.6 Å². The molecule has 0 radical (unpaired) electrons. The lowest BCUT2D eigenvalue weighted by atomic mass is 9.41. The fourth-order valence-electron chi connectivity index (χ4n) is 7.16. The Morgan fingerprint density at radius 2 is 1.96 bits per heavy atom. The van der Waals surface area contributed by atoms with E-state index in [1.807, 2.05) is 0 Å². The van der Waals surface area contributed by atoms with Crippen LogP contribution in [0.3, 0.4) is 0 Å². The second-order valence-electron chi connectivity index (χ2n) is 10.1. The van der Waals surface area contributed by atoms with E-state index in [0.29, 0.717) is 6.42 Å². The van der Waals surface area contributed by atoms with Crippen molar-refractivity contribution < 1.29 is 24.2 Å². The lowest BCUT2D eigenvalue weighted by molar-refractivity contribution is -0.256. The molecule has 3 aliphatic carbocycles. The molecular weight excluding hydrogens is 344 g/mol. The zero-order valence-electron chi connectivity index (χ0n) is 17.0. The molecule has 0 bridgehead atoms. The number of aliphatic hydroxyl groups is 2. The van der Waals surface area contributed by atoms with Crippen molar-refractivity contribution in [1.82, 2.24) is 0 Å². The summed E-state index contributed by atoms with van der Waals surface area (Å²) in [5, 5.41) is 22.9. The van der Waals surface area contributed by atoms with E-state index in [-0.39, 0.29) is 28.6 Å². The van der Waals surface area contributed by atoms with Crippen LogP contribution in [-0.4, -0.2) is 28.4 Å². The summed E-state index contributed by atoms with van der Waals surface area (Å²) < 4.78 is 11.5. The lowest BCUT2D eigenvalue weighted by Gasteiger charge is -2.65. The van der Waals surface area contributed by atoms with Gasteiger partial charge in [-0.15, -0.1) is 0 Å². The molecule has 27 heavy (non-hydrogen) atoms. The Morgan fingerprint density at radius 1 is 1.26 bits per heavy atom. The molecular formula is C22H32O5. The van der Waals surface area contributed by atoms with Crippen LogP contribution in [0.1, 0.15) is 65.2 Å². The van der Waals surface area contributed by atoms with Gasteiger partial charge in [0.05, 0.1) is 18.0 Å². The van der Waals surface area contributed by atoms with Gasteiger partial charge in [0, 0.05) is 30.7 Å². The maximum absolute atomic E-state index is 11.9. The van der Waals surface area contributed by atoms with Crippen LogP contribution in [0, 0.1) is 28.6 Å². The van der Waals surface area contributed by atoms with E-state index < -0.39 is 23.7 Å². The highest BCUT2D eigenvalue weighted by atomic mass is 16.6. The average Bonchev–Trinajstić information content (AvgIpc) is 3.00. The first-order chi connectivity index (χ1) is 12.5. The Bertz CT molecular complexity index is 748. The second-order valence-corrected chi connectivity index (χ2v) is 10.1. The van der Waals surface area contributed by atoms with Crippen LogP contribution in [0.2, 0.25) is 0 Å². The number of carbonyl (C=O) groups is 1. The smallest absolute Gasteiger partial charge is 0.303 e. The number of aliphatic hydroxyl groups excluding tert-OH is 1. The van der Waals surface area contributed by atoms with Crippen molar-refractivity contribution in [2.75, 3.05) is 0 Å². The molecule has 2 saturated carbocycles. The third kappa shape index (κ3) is 2.54. The third-order valence-corrected chi connectivity index (χ3v) is 8.05. The van der Waals surface area contributed by atoms with E-state index >= 15 is 0 Å². The minimum absolute atomic E-state index is 0.0335. The number of rotatable bonds is 1. The van der Waals surface area contributed by atoms with Gasteiger partial charge in [0.2, 0.25) is 0 Å². The van der Waals surface area contributed by atoms with Gasteiger partial charge in [-0.25, -0.2) is 0 Å². The molecule has 5 heteroatoms. The average molecular weight is 376 g/mol. The number of fused-ring (bicyclic) bond motifs is 4. The Morgan fingerprint density at radius 3 is 2.63 bits per heavy atom. The summed E-state index contributed by atoms with van der Waals surface area (Å²) in [6, 6.07) is 1.80. The van der Waals surface area contributed by atoms with E-state index in [1.54, 1.807) is 19.3 Å². The van der Waals surface area contributed by atoms with Crippen LogP contribution in [0.5, 0.6) is 0 Å². The number of hydrogen-bond acceptors (Lipinski definition) is 5. The van der Waals surface area contributed by atoms with Crippen molar-refractivity contribution in [1.29, 1.82) is 0 Å². The highest BCUT2D eigenvalue weighted by Gasteiger charge is 2.67. The van der Waals surface area contributed by atoms with Crippen LogP contribution < -0.4 is 0 Å². The van der Waals surface area contributed by atoms with E-state index in [4.69, 9.17) is 9.15 Å². The van der Waals surface area contributed by atoms with Gasteiger partial charge in [-0.3, -0.25) is 4.79 Å². The summed E-state index contributed by atoms with van der Waals surface area (Å²) in [4.78, 5) is 11.9. The number of hydrogen-bond donors (Lipinski definition) is 2.